The zero-order valence-electron chi connectivity index (χ0n) is 9.11. The van der Waals surface area contributed by atoms with Crippen LogP contribution < -0.4 is 0 Å². The molecule has 0 heterocycles. The van der Waals surface area contributed by atoms with Gasteiger partial charge in [0.05, 0.1) is 11.1 Å². The van der Waals surface area contributed by atoms with Gasteiger partial charge in [0.2, 0.25) is 0 Å². The number of halogens is 2. The van der Waals surface area contributed by atoms with E-state index in [9.17, 15) is 4.39 Å². The molecule has 0 radical (unpaired) electrons. The fourth-order valence-corrected chi connectivity index (χ4v) is 2.22. The second-order valence-corrected chi connectivity index (χ2v) is 4.35. The molecule has 2 nitrogen and oxygen atoms in total. The molecule has 18 heavy (non-hydrogen) atoms. The average Bonchev–Trinajstić information content (AvgIpc) is 2.40. The quantitative estimate of drug-likeness (QED) is 0.799. The molecule has 0 N–H and O–H groups in total. The van der Waals surface area contributed by atoms with E-state index in [1.165, 1.54) is 6.07 Å². The molecule has 0 saturated heterocycles. The van der Waals surface area contributed by atoms with E-state index in [2.05, 4.69) is 15.9 Å². The Balaban J connectivity index is 2.72. The monoisotopic (exact) mass is 300 g/mol. The maximum absolute atomic E-state index is 14.0. The number of rotatable bonds is 1. The molecule has 0 unspecified atom stereocenters. The number of nitriles is 2. The second kappa shape index (κ2) is 5.00. The molecule has 0 fully saturated rings. The Hall–Kier alpha value is -2.17. The molecular formula is C14H6BrFN2. The van der Waals surface area contributed by atoms with E-state index in [-0.39, 0.29) is 5.56 Å². The van der Waals surface area contributed by atoms with E-state index in [1.807, 2.05) is 6.07 Å². The predicted molar refractivity (Wildman–Crippen MR) is 69.0 cm³/mol. The summed E-state index contributed by atoms with van der Waals surface area (Å²) in [5.74, 6) is -0.573. The first-order valence-electron chi connectivity index (χ1n) is 5.06. The van der Waals surface area contributed by atoms with E-state index in [0.717, 1.165) is 0 Å². The molecule has 0 aliphatic heterocycles. The molecule has 0 saturated carbocycles. The third-order valence-electron chi connectivity index (χ3n) is 2.53. The molecule has 0 aliphatic carbocycles. The van der Waals surface area contributed by atoms with Gasteiger partial charge in [0.25, 0.3) is 0 Å². The summed E-state index contributed by atoms with van der Waals surface area (Å²) in [6.45, 7) is 0. The zero-order valence-corrected chi connectivity index (χ0v) is 10.7. The lowest BCUT2D eigenvalue weighted by atomic mass is 10.0. The Morgan fingerprint density at radius 3 is 2.06 bits per heavy atom. The standard InChI is InChI=1S/C14H6BrFN2/c15-13-9(7-17)3-1-5-11(13)12-6-2-4-10(8-18)14(12)16/h1-6H. The first-order valence-corrected chi connectivity index (χ1v) is 5.86. The third kappa shape index (κ3) is 1.99. The minimum atomic E-state index is -0.573. The van der Waals surface area contributed by atoms with Crippen molar-refractivity contribution >= 4 is 15.9 Å². The first kappa shape index (κ1) is 12.3. The molecule has 0 amide bonds. The molecule has 0 atom stereocenters. The lowest BCUT2D eigenvalue weighted by Crippen LogP contribution is -1.91. The van der Waals surface area contributed by atoms with Gasteiger partial charge in [0, 0.05) is 15.6 Å². The Labute approximate surface area is 112 Å². The van der Waals surface area contributed by atoms with Crippen LogP contribution in [0.1, 0.15) is 11.1 Å². The molecule has 2 aromatic carbocycles. The van der Waals surface area contributed by atoms with E-state index < -0.39 is 5.82 Å². The summed E-state index contributed by atoms with van der Waals surface area (Å²) in [5, 5.41) is 17.7. The van der Waals surface area contributed by atoms with Gasteiger partial charge < -0.3 is 0 Å². The van der Waals surface area contributed by atoms with Crippen LogP contribution in [-0.2, 0) is 0 Å². The van der Waals surface area contributed by atoms with Crippen molar-refractivity contribution in [1.29, 1.82) is 10.5 Å². The van der Waals surface area contributed by atoms with Crippen molar-refractivity contribution in [2.75, 3.05) is 0 Å². The van der Waals surface area contributed by atoms with Gasteiger partial charge in [0.15, 0.2) is 0 Å². The summed E-state index contributed by atoms with van der Waals surface area (Å²) < 4.78 is 14.6. The number of benzene rings is 2. The van der Waals surface area contributed by atoms with Crippen molar-refractivity contribution < 1.29 is 4.39 Å². The van der Waals surface area contributed by atoms with Crippen LogP contribution in [0.4, 0.5) is 4.39 Å². The molecule has 2 rings (SSSR count). The zero-order chi connectivity index (χ0) is 13.1. The van der Waals surface area contributed by atoms with Crippen LogP contribution in [-0.4, -0.2) is 0 Å². The van der Waals surface area contributed by atoms with Crippen molar-refractivity contribution in [2.45, 2.75) is 0 Å². The van der Waals surface area contributed by atoms with Gasteiger partial charge in [-0.15, -0.1) is 0 Å². The van der Waals surface area contributed by atoms with Crippen LogP contribution in [0.5, 0.6) is 0 Å². The summed E-state index contributed by atoms with van der Waals surface area (Å²) in [5.41, 5.74) is 1.28. The van der Waals surface area contributed by atoms with Crippen LogP contribution in [0, 0.1) is 28.5 Å². The van der Waals surface area contributed by atoms with Crippen molar-refractivity contribution in [3.05, 3.63) is 57.8 Å². The van der Waals surface area contributed by atoms with Gasteiger partial charge in [-0.1, -0.05) is 24.3 Å². The number of hydrogen-bond acceptors (Lipinski definition) is 2. The third-order valence-corrected chi connectivity index (χ3v) is 3.38. The highest BCUT2D eigenvalue weighted by Gasteiger charge is 2.13. The second-order valence-electron chi connectivity index (χ2n) is 3.56. The Bertz CT molecular complexity index is 634. The van der Waals surface area contributed by atoms with E-state index in [0.29, 0.717) is 21.2 Å². The van der Waals surface area contributed by atoms with Gasteiger partial charge in [-0.25, -0.2) is 4.39 Å². The summed E-state index contributed by atoms with van der Waals surface area (Å²) >= 11 is 3.29. The highest BCUT2D eigenvalue weighted by Crippen LogP contribution is 2.33. The van der Waals surface area contributed by atoms with Gasteiger partial charge in [-0.3, -0.25) is 0 Å². The minimum absolute atomic E-state index is 0.0123. The fraction of sp³-hybridized carbons (Fsp3) is 0. The molecule has 0 aliphatic rings. The topological polar surface area (TPSA) is 47.6 Å². The fourth-order valence-electron chi connectivity index (χ4n) is 1.65. The van der Waals surface area contributed by atoms with Crippen LogP contribution in [0.25, 0.3) is 11.1 Å². The summed E-state index contributed by atoms with van der Waals surface area (Å²) in [7, 11) is 0. The highest BCUT2D eigenvalue weighted by atomic mass is 79.9. The Morgan fingerprint density at radius 1 is 0.889 bits per heavy atom. The summed E-state index contributed by atoms with van der Waals surface area (Å²) in [6, 6.07) is 13.4. The Kier molecular flexibility index (Phi) is 3.41. The van der Waals surface area contributed by atoms with Gasteiger partial charge in [0.1, 0.15) is 18.0 Å². The summed E-state index contributed by atoms with van der Waals surface area (Å²) in [6.07, 6.45) is 0. The highest BCUT2D eigenvalue weighted by molar-refractivity contribution is 9.10. The maximum Gasteiger partial charge on any atom is 0.148 e. The predicted octanol–water partition coefficient (Wildman–Crippen LogP) is 4.00. The Morgan fingerprint density at radius 2 is 1.44 bits per heavy atom. The molecule has 4 heteroatoms. The van der Waals surface area contributed by atoms with E-state index in [4.69, 9.17) is 10.5 Å². The van der Waals surface area contributed by atoms with E-state index in [1.54, 1.807) is 36.4 Å². The normalized spacial score (nSPS) is 9.56. The lowest BCUT2D eigenvalue weighted by Gasteiger charge is -2.08. The van der Waals surface area contributed by atoms with Gasteiger partial charge in [-0.05, 0) is 28.1 Å². The number of hydrogen-bond donors (Lipinski definition) is 0. The minimum Gasteiger partial charge on any atom is -0.205 e. The molecule has 0 spiro atoms. The summed E-state index contributed by atoms with van der Waals surface area (Å²) in [4.78, 5) is 0. The van der Waals surface area contributed by atoms with Crippen molar-refractivity contribution in [3.8, 4) is 23.3 Å². The maximum atomic E-state index is 14.0. The van der Waals surface area contributed by atoms with Crippen LogP contribution in [0.3, 0.4) is 0 Å². The van der Waals surface area contributed by atoms with Gasteiger partial charge in [-0.2, -0.15) is 10.5 Å². The van der Waals surface area contributed by atoms with Crippen molar-refractivity contribution in [1.82, 2.24) is 0 Å². The van der Waals surface area contributed by atoms with Gasteiger partial charge >= 0.3 is 0 Å². The molecular weight excluding hydrogens is 295 g/mol. The van der Waals surface area contributed by atoms with Crippen LogP contribution in [0.15, 0.2) is 40.9 Å². The van der Waals surface area contributed by atoms with Crippen molar-refractivity contribution in [2.24, 2.45) is 0 Å². The number of nitrogens with zero attached hydrogens (tertiary/aromatic N) is 2. The largest absolute Gasteiger partial charge is 0.205 e. The molecule has 86 valence electrons. The first-order chi connectivity index (χ1) is 8.69. The molecule has 0 aromatic heterocycles. The van der Waals surface area contributed by atoms with Crippen LogP contribution in [0.2, 0.25) is 0 Å². The van der Waals surface area contributed by atoms with Crippen molar-refractivity contribution in [3.63, 3.8) is 0 Å². The molecule has 2 aromatic rings. The van der Waals surface area contributed by atoms with Crippen LogP contribution >= 0.6 is 15.9 Å². The molecule has 0 bridgehead atoms. The van der Waals surface area contributed by atoms with E-state index >= 15 is 0 Å². The lowest BCUT2D eigenvalue weighted by molar-refractivity contribution is 0.627. The smallest absolute Gasteiger partial charge is 0.148 e. The SMILES string of the molecule is N#Cc1cccc(-c2cccc(C#N)c2Br)c1F. The average molecular weight is 301 g/mol.